The van der Waals surface area contributed by atoms with E-state index in [1.54, 1.807) is 17.9 Å². The van der Waals surface area contributed by atoms with Gasteiger partial charge in [-0.2, -0.15) is 0 Å². The summed E-state index contributed by atoms with van der Waals surface area (Å²) < 4.78 is 11.7. The van der Waals surface area contributed by atoms with Crippen LogP contribution >= 0.6 is 0 Å². The largest absolute Gasteiger partial charge is 0.466 e. The van der Waals surface area contributed by atoms with E-state index in [9.17, 15) is 19.5 Å². The smallest absolute Gasteiger partial charge is 0.312 e. The Hall–Kier alpha value is -3.23. The van der Waals surface area contributed by atoms with Crippen LogP contribution in [0.25, 0.3) is 10.8 Å². The molecule has 3 heterocycles. The average molecular weight is 493 g/mol. The fourth-order valence-corrected chi connectivity index (χ4v) is 6.36. The van der Waals surface area contributed by atoms with E-state index in [1.165, 1.54) is 4.90 Å². The fourth-order valence-electron chi connectivity index (χ4n) is 6.36. The van der Waals surface area contributed by atoms with Crippen LogP contribution in [0.2, 0.25) is 0 Å². The van der Waals surface area contributed by atoms with Crippen molar-refractivity contribution in [2.24, 2.45) is 11.8 Å². The van der Waals surface area contributed by atoms with E-state index in [1.807, 2.05) is 42.5 Å². The lowest BCUT2D eigenvalue weighted by atomic mass is 9.70. The van der Waals surface area contributed by atoms with Gasteiger partial charge < -0.3 is 24.4 Å². The summed E-state index contributed by atoms with van der Waals surface area (Å²) in [4.78, 5) is 44.1. The number of nitrogens with zero attached hydrogens (tertiary/aromatic N) is 2. The molecule has 0 aliphatic carbocycles. The Morgan fingerprint density at radius 2 is 2.06 bits per heavy atom. The Labute approximate surface area is 210 Å². The third-order valence-electron chi connectivity index (χ3n) is 7.77. The number of fused-ring (bicyclic) bond motifs is 2. The highest BCUT2D eigenvalue weighted by Crippen LogP contribution is 2.58. The van der Waals surface area contributed by atoms with Gasteiger partial charge in [-0.1, -0.05) is 36.4 Å². The van der Waals surface area contributed by atoms with Crippen LogP contribution < -0.4 is 4.90 Å². The number of aliphatic hydroxyl groups excluding tert-OH is 1. The normalized spacial score (nSPS) is 28.4. The number of anilines is 1. The van der Waals surface area contributed by atoms with Crippen molar-refractivity contribution < 1.29 is 29.0 Å². The van der Waals surface area contributed by atoms with Crippen LogP contribution in [0.4, 0.5) is 5.69 Å². The van der Waals surface area contributed by atoms with Gasteiger partial charge in [0.25, 0.3) is 5.91 Å². The maximum Gasteiger partial charge on any atom is 0.312 e. The summed E-state index contributed by atoms with van der Waals surface area (Å²) in [5.74, 6) is -2.50. The third kappa shape index (κ3) is 3.71. The Kier molecular flexibility index (Phi) is 6.57. The molecule has 3 saturated heterocycles. The van der Waals surface area contributed by atoms with Gasteiger partial charge in [0.05, 0.1) is 24.5 Å². The number of benzene rings is 2. The minimum atomic E-state index is -1.10. The zero-order valence-corrected chi connectivity index (χ0v) is 20.5. The molecule has 5 rings (SSSR count). The number of hydrogen-bond donors (Lipinski definition) is 1. The topological polar surface area (TPSA) is 96.4 Å². The van der Waals surface area contributed by atoms with Crippen LogP contribution in [0.1, 0.15) is 26.2 Å². The second-order valence-corrected chi connectivity index (χ2v) is 9.69. The maximum absolute atomic E-state index is 14.3. The minimum absolute atomic E-state index is 0.117. The summed E-state index contributed by atoms with van der Waals surface area (Å²) >= 11 is 0. The summed E-state index contributed by atoms with van der Waals surface area (Å²) in [5, 5.41) is 11.6. The van der Waals surface area contributed by atoms with Crippen molar-refractivity contribution in [1.82, 2.24) is 4.90 Å². The first-order valence-electron chi connectivity index (χ1n) is 12.6. The molecule has 2 aromatic carbocycles. The summed E-state index contributed by atoms with van der Waals surface area (Å²) in [6.07, 6.45) is 2.63. The van der Waals surface area contributed by atoms with Crippen LogP contribution in [0.5, 0.6) is 0 Å². The molecule has 190 valence electrons. The van der Waals surface area contributed by atoms with Crippen molar-refractivity contribution >= 4 is 34.2 Å². The average Bonchev–Trinajstić information content (AvgIpc) is 3.53. The molecule has 3 aliphatic rings. The van der Waals surface area contributed by atoms with E-state index in [2.05, 4.69) is 6.58 Å². The van der Waals surface area contributed by atoms with Gasteiger partial charge in [-0.3, -0.25) is 14.4 Å². The molecule has 5 atom stereocenters. The number of carbonyl (C=O) groups is 3. The first-order valence-corrected chi connectivity index (χ1v) is 12.6. The quantitative estimate of drug-likeness (QED) is 0.427. The molecule has 3 fully saturated rings. The van der Waals surface area contributed by atoms with Gasteiger partial charge in [0, 0.05) is 25.4 Å². The van der Waals surface area contributed by atoms with Gasteiger partial charge in [-0.25, -0.2) is 0 Å². The Morgan fingerprint density at radius 1 is 1.28 bits per heavy atom. The molecule has 3 aliphatic heterocycles. The molecule has 1 spiro atoms. The monoisotopic (exact) mass is 492 g/mol. The van der Waals surface area contributed by atoms with Gasteiger partial charge in [-0.15, -0.1) is 6.58 Å². The molecule has 8 heteroatoms. The predicted molar refractivity (Wildman–Crippen MR) is 134 cm³/mol. The molecular formula is C28H32N2O6. The second kappa shape index (κ2) is 9.67. The standard InChI is InChI=1S/C28H32N2O6/c1-3-14-29(20-11-10-18-8-5-6-9-19(18)17-20)26(33)24-28-13-12-21(36-28)22(27(34)35-4-2)23(28)25(32)30(24)15-7-16-31/h3,5-6,8-11,17,21-24,31H,1,4,7,12-16H2,2H3/t21-,22+,23+,24?,28?/m1/s1. The van der Waals surface area contributed by atoms with E-state index in [0.717, 1.165) is 10.8 Å². The van der Waals surface area contributed by atoms with E-state index < -0.39 is 35.6 Å². The van der Waals surface area contributed by atoms with Crippen LogP contribution in [0, 0.1) is 11.8 Å². The van der Waals surface area contributed by atoms with E-state index in [-0.39, 0.29) is 38.1 Å². The van der Waals surface area contributed by atoms with Gasteiger partial charge in [0.15, 0.2) is 0 Å². The third-order valence-corrected chi connectivity index (χ3v) is 7.77. The number of carbonyl (C=O) groups excluding carboxylic acids is 3. The summed E-state index contributed by atoms with van der Waals surface area (Å²) in [7, 11) is 0. The predicted octanol–water partition coefficient (Wildman–Crippen LogP) is 2.68. The molecule has 2 unspecified atom stereocenters. The lowest BCUT2D eigenvalue weighted by Crippen LogP contribution is -2.56. The molecule has 1 N–H and O–H groups in total. The molecule has 2 aromatic rings. The number of ether oxygens (including phenoxy) is 2. The van der Waals surface area contributed by atoms with Gasteiger partial charge >= 0.3 is 5.97 Å². The number of amides is 2. The molecule has 0 aromatic heterocycles. The van der Waals surface area contributed by atoms with E-state index in [0.29, 0.717) is 24.9 Å². The van der Waals surface area contributed by atoms with E-state index >= 15 is 0 Å². The zero-order chi connectivity index (χ0) is 25.4. The maximum atomic E-state index is 14.3. The Bertz CT molecular complexity index is 1200. The number of esters is 1. The molecule has 8 nitrogen and oxygen atoms in total. The highest BCUT2D eigenvalue weighted by atomic mass is 16.6. The first-order chi connectivity index (χ1) is 17.5. The van der Waals surface area contributed by atoms with Crippen molar-refractivity contribution in [1.29, 1.82) is 0 Å². The van der Waals surface area contributed by atoms with Crippen molar-refractivity contribution in [2.45, 2.75) is 43.9 Å². The summed E-state index contributed by atoms with van der Waals surface area (Å²) in [5.41, 5.74) is -0.398. The fraction of sp³-hybridized carbons (Fsp3) is 0.464. The van der Waals surface area contributed by atoms with Crippen LogP contribution in [0.3, 0.4) is 0 Å². The number of aliphatic hydroxyl groups is 1. The molecule has 2 amide bonds. The minimum Gasteiger partial charge on any atom is -0.466 e. The van der Waals surface area contributed by atoms with Crippen molar-refractivity contribution in [3.05, 3.63) is 55.1 Å². The number of hydrogen-bond acceptors (Lipinski definition) is 6. The van der Waals surface area contributed by atoms with Crippen molar-refractivity contribution in [3.8, 4) is 0 Å². The summed E-state index contributed by atoms with van der Waals surface area (Å²) in [6.45, 7) is 6.13. The SMILES string of the molecule is C=CCN(C(=O)C1N(CCCO)C(=O)[C@@H]2[C@@H](C(=O)OCC)[C@H]3CCC12O3)c1ccc2ccccc2c1. The molecule has 0 saturated carbocycles. The lowest BCUT2D eigenvalue weighted by molar-refractivity contribution is -0.154. The van der Waals surface area contributed by atoms with Crippen molar-refractivity contribution in [3.63, 3.8) is 0 Å². The molecule has 36 heavy (non-hydrogen) atoms. The summed E-state index contributed by atoms with van der Waals surface area (Å²) in [6, 6.07) is 12.8. The van der Waals surface area contributed by atoms with Gasteiger partial charge in [-0.05, 0) is 49.1 Å². The first kappa shape index (κ1) is 24.5. The highest BCUT2D eigenvalue weighted by Gasteiger charge is 2.75. The molecule has 2 bridgehead atoms. The second-order valence-electron chi connectivity index (χ2n) is 9.69. The molecular weight excluding hydrogens is 460 g/mol. The van der Waals surface area contributed by atoms with Crippen LogP contribution in [-0.2, 0) is 23.9 Å². The Morgan fingerprint density at radius 3 is 2.78 bits per heavy atom. The van der Waals surface area contributed by atoms with Gasteiger partial charge in [0.2, 0.25) is 5.91 Å². The Balaban J connectivity index is 1.56. The highest BCUT2D eigenvalue weighted by molar-refractivity contribution is 6.05. The van der Waals surface area contributed by atoms with Gasteiger partial charge in [0.1, 0.15) is 11.6 Å². The van der Waals surface area contributed by atoms with Crippen LogP contribution in [-0.4, -0.2) is 71.8 Å². The van der Waals surface area contributed by atoms with Crippen molar-refractivity contribution in [2.75, 3.05) is 31.2 Å². The van der Waals surface area contributed by atoms with E-state index in [4.69, 9.17) is 9.47 Å². The number of rotatable bonds is 9. The number of likely N-dealkylation sites (tertiary alicyclic amines) is 1. The van der Waals surface area contributed by atoms with Crippen LogP contribution in [0.15, 0.2) is 55.1 Å². The lowest BCUT2D eigenvalue weighted by Gasteiger charge is -2.36. The zero-order valence-electron chi connectivity index (χ0n) is 20.5. The molecule has 0 radical (unpaired) electrons.